The fourth-order valence-corrected chi connectivity index (χ4v) is 2.95. The summed E-state index contributed by atoms with van der Waals surface area (Å²) in [6.45, 7) is 2.90. The predicted molar refractivity (Wildman–Crippen MR) is 113 cm³/mol. The van der Waals surface area contributed by atoms with Crippen molar-refractivity contribution in [3.05, 3.63) is 78.2 Å². The molecule has 2 N–H and O–H groups in total. The van der Waals surface area contributed by atoms with Gasteiger partial charge in [-0.2, -0.15) is 28.2 Å². The Morgan fingerprint density at radius 1 is 1.16 bits per heavy atom. The Bertz CT molecular complexity index is 1190. The van der Waals surface area contributed by atoms with Gasteiger partial charge in [-0.05, 0) is 42.1 Å². The molecule has 7 nitrogen and oxygen atoms in total. The summed E-state index contributed by atoms with van der Waals surface area (Å²) in [4.78, 5) is 10.6. The first-order chi connectivity index (χ1) is 15.1. The standard InChI is InChI=1S/C20H21N5.C2HF3O2/c1-15(19-14-22-25(23-19)18-6-4-3-5-7-18)21-13-16-8-9-17-10-11-24(2)20(17)12-16;3-2(4,5)1(6)7/h3-12,14-15,21H,13H2,1-2H3;(H,6,7). The molecule has 168 valence electrons. The lowest BCUT2D eigenvalue weighted by atomic mass is 10.1. The number of alkyl halides is 3. The Morgan fingerprint density at radius 2 is 1.84 bits per heavy atom. The highest BCUT2D eigenvalue weighted by Gasteiger charge is 2.38. The highest BCUT2D eigenvalue weighted by Crippen LogP contribution is 2.18. The van der Waals surface area contributed by atoms with Crippen LogP contribution in [-0.2, 0) is 18.4 Å². The van der Waals surface area contributed by atoms with Crippen molar-refractivity contribution in [3.8, 4) is 5.69 Å². The molecule has 1 unspecified atom stereocenters. The quantitative estimate of drug-likeness (QED) is 0.480. The third-order valence-corrected chi connectivity index (χ3v) is 4.75. The summed E-state index contributed by atoms with van der Waals surface area (Å²) in [5, 5.41) is 20.9. The van der Waals surface area contributed by atoms with Crippen LogP contribution in [-0.4, -0.2) is 36.8 Å². The van der Waals surface area contributed by atoms with Crippen molar-refractivity contribution >= 4 is 16.9 Å². The minimum absolute atomic E-state index is 0.126. The van der Waals surface area contributed by atoms with Crippen molar-refractivity contribution in [2.75, 3.05) is 0 Å². The number of halogens is 3. The summed E-state index contributed by atoms with van der Waals surface area (Å²) in [6, 6.07) is 18.8. The molecule has 0 bridgehead atoms. The lowest BCUT2D eigenvalue weighted by Gasteiger charge is -2.11. The van der Waals surface area contributed by atoms with Crippen molar-refractivity contribution in [1.82, 2.24) is 24.9 Å². The third-order valence-electron chi connectivity index (χ3n) is 4.75. The number of aliphatic carboxylic acids is 1. The van der Waals surface area contributed by atoms with Gasteiger partial charge in [0, 0.05) is 25.3 Å². The number of carboxylic acids is 1. The number of aryl methyl sites for hydroxylation is 1. The monoisotopic (exact) mass is 445 g/mol. The van der Waals surface area contributed by atoms with Gasteiger partial charge < -0.3 is 15.0 Å². The van der Waals surface area contributed by atoms with Crippen LogP contribution in [0.5, 0.6) is 0 Å². The largest absolute Gasteiger partial charge is 0.490 e. The van der Waals surface area contributed by atoms with Gasteiger partial charge in [0.1, 0.15) is 0 Å². The van der Waals surface area contributed by atoms with Crippen LogP contribution in [0.2, 0.25) is 0 Å². The number of carbonyl (C=O) groups is 1. The van der Waals surface area contributed by atoms with Crippen LogP contribution in [0.4, 0.5) is 13.2 Å². The van der Waals surface area contributed by atoms with Gasteiger partial charge in [0.15, 0.2) is 0 Å². The molecule has 4 rings (SSSR count). The summed E-state index contributed by atoms with van der Waals surface area (Å²) < 4.78 is 33.9. The molecular weight excluding hydrogens is 423 g/mol. The number of hydrogen-bond donors (Lipinski definition) is 2. The number of nitrogens with zero attached hydrogens (tertiary/aromatic N) is 4. The van der Waals surface area contributed by atoms with E-state index in [-0.39, 0.29) is 6.04 Å². The third kappa shape index (κ3) is 5.73. The van der Waals surface area contributed by atoms with Gasteiger partial charge in [0.2, 0.25) is 0 Å². The van der Waals surface area contributed by atoms with E-state index in [1.54, 1.807) is 4.80 Å². The molecule has 0 saturated heterocycles. The van der Waals surface area contributed by atoms with Crippen LogP contribution in [0.3, 0.4) is 0 Å². The molecule has 0 saturated carbocycles. The molecule has 2 aromatic carbocycles. The summed E-state index contributed by atoms with van der Waals surface area (Å²) in [6.07, 6.45) is -1.17. The number of rotatable bonds is 5. The zero-order valence-electron chi connectivity index (χ0n) is 17.4. The molecule has 0 amide bonds. The second-order valence-corrected chi connectivity index (χ2v) is 7.12. The molecule has 2 heterocycles. The zero-order chi connectivity index (χ0) is 23.3. The van der Waals surface area contributed by atoms with Crippen molar-refractivity contribution in [2.24, 2.45) is 7.05 Å². The number of nitrogens with one attached hydrogen (secondary N) is 1. The first kappa shape index (κ1) is 23.0. The molecule has 0 fully saturated rings. The van der Waals surface area contributed by atoms with Gasteiger partial charge in [-0.25, -0.2) is 4.79 Å². The van der Waals surface area contributed by atoms with Gasteiger partial charge in [-0.1, -0.05) is 30.3 Å². The van der Waals surface area contributed by atoms with Gasteiger partial charge in [0.25, 0.3) is 0 Å². The lowest BCUT2D eigenvalue weighted by Crippen LogP contribution is -2.21. The summed E-state index contributed by atoms with van der Waals surface area (Å²) in [5.74, 6) is -2.76. The van der Waals surface area contributed by atoms with E-state index in [1.165, 1.54) is 16.5 Å². The maximum Gasteiger partial charge on any atom is 0.490 e. The second-order valence-electron chi connectivity index (χ2n) is 7.12. The predicted octanol–water partition coefficient (Wildman–Crippen LogP) is 4.24. The maximum absolute atomic E-state index is 10.6. The molecule has 0 aliphatic carbocycles. The number of hydrogen-bond acceptors (Lipinski definition) is 4. The summed E-state index contributed by atoms with van der Waals surface area (Å²) >= 11 is 0. The molecule has 0 radical (unpaired) electrons. The molecule has 0 spiro atoms. The number of carboxylic acid groups (broad SMARTS) is 1. The van der Waals surface area contributed by atoms with E-state index >= 15 is 0 Å². The van der Waals surface area contributed by atoms with Gasteiger partial charge in [-0.15, -0.1) is 0 Å². The molecule has 2 aromatic heterocycles. The summed E-state index contributed by atoms with van der Waals surface area (Å²) in [7, 11) is 2.07. The normalized spacial score (nSPS) is 12.3. The number of para-hydroxylation sites is 1. The van der Waals surface area contributed by atoms with Crippen LogP contribution in [0, 0.1) is 0 Å². The number of aromatic nitrogens is 4. The Morgan fingerprint density at radius 3 is 2.50 bits per heavy atom. The Kier molecular flexibility index (Phi) is 6.94. The van der Waals surface area contributed by atoms with Crippen LogP contribution < -0.4 is 5.32 Å². The van der Waals surface area contributed by atoms with E-state index in [1.807, 2.05) is 36.5 Å². The van der Waals surface area contributed by atoms with E-state index in [4.69, 9.17) is 9.90 Å². The fraction of sp³-hybridized carbons (Fsp3) is 0.227. The average Bonchev–Trinajstić information content (AvgIpc) is 3.40. The molecular formula is C22H22F3N5O2. The van der Waals surface area contributed by atoms with E-state index in [0.29, 0.717) is 0 Å². The maximum atomic E-state index is 10.6. The van der Waals surface area contributed by atoms with Crippen molar-refractivity contribution in [2.45, 2.75) is 25.7 Å². The Balaban J connectivity index is 0.000000360. The molecule has 0 aliphatic heterocycles. The van der Waals surface area contributed by atoms with Gasteiger partial charge in [-0.3, -0.25) is 0 Å². The second kappa shape index (κ2) is 9.65. The van der Waals surface area contributed by atoms with E-state index in [0.717, 1.165) is 17.9 Å². The smallest absolute Gasteiger partial charge is 0.475 e. The van der Waals surface area contributed by atoms with E-state index in [9.17, 15) is 13.2 Å². The Labute approximate surface area is 182 Å². The highest BCUT2D eigenvalue weighted by atomic mass is 19.4. The SMILES string of the molecule is CC(NCc1ccc2ccn(C)c2c1)c1cnn(-c2ccccc2)n1.O=C(O)C(F)(F)F. The van der Waals surface area contributed by atoms with Gasteiger partial charge >= 0.3 is 12.1 Å². The van der Waals surface area contributed by atoms with Crippen molar-refractivity contribution in [3.63, 3.8) is 0 Å². The van der Waals surface area contributed by atoms with Crippen LogP contribution in [0.15, 0.2) is 67.0 Å². The van der Waals surface area contributed by atoms with Crippen molar-refractivity contribution < 1.29 is 23.1 Å². The average molecular weight is 445 g/mol. The van der Waals surface area contributed by atoms with Crippen molar-refractivity contribution in [1.29, 1.82) is 0 Å². The molecule has 4 aromatic rings. The first-order valence-electron chi connectivity index (χ1n) is 9.70. The fourth-order valence-electron chi connectivity index (χ4n) is 2.95. The van der Waals surface area contributed by atoms with Crippen LogP contribution in [0.1, 0.15) is 24.2 Å². The number of fused-ring (bicyclic) bond motifs is 1. The molecule has 1 atom stereocenters. The van der Waals surface area contributed by atoms with Gasteiger partial charge in [0.05, 0.1) is 23.6 Å². The molecule has 10 heteroatoms. The summed E-state index contributed by atoms with van der Waals surface area (Å²) in [5.41, 5.74) is 4.41. The van der Waals surface area contributed by atoms with E-state index in [2.05, 4.69) is 64.5 Å². The highest BCUT2D eigenvalue weighted by molar-refractivity contribution is 5.80. The van der Waals surface area contributed by atoms with Crippen LogP contribution >= 0.6 is 0 Å². The lowest BCUT2D eigenvalue weighted by molar-refractivity contribution is -0.192. The van der Waals surface area contributed by atoms with E-state index < -0.39 is 12.1 Å². The minimum Gasteiger partial charge on any atom is -0.475 e. The number of benzene rings is 2. The molecule has 0 aliphatic rings. The topological polar surface area (TPSA) is 85.0 Å². The zero-order valence-corrected chi connectivity index (χ0v) is 17.4. The minimum atomic E-state index is -5.08. The Hall–Kier alpha value is -3.66. The first-order valence-corrected chi connectivity index (χ1v) is 9.70. The van der Waals surface area contributed by atoms with Crippen LogP contribution in [0.25, 0.3) is 16.6 Å². The molecule has 32 heavy (non-hydrogen) atoms.